The molecule has 1 aromatic carbocycles. The molecule has 1 N–H and O–H groups in total. The topological polar surface area (TPSA) is 50.2 Å². The molecule has 0 aliphatic carbocycles. The predicted octanol–water partition coefficient (Wildman–Crippen LogP) is 7.24. The minimum absolute atomic E-state index is 0.135. The van der Waals surface area contributed by atoms with Gasteiger partial charge in [-0.1, -0.05) is 81.1 Å². The molecule has 0 aliphatic rings. The van der Waals surface area contributed by atoms with E-state index in [0.717, 1.165) is 10.7 Å². The highest BCUT2D eigenvalue weighted by atomic mass is 32.1. The van der Waals surface area contributed by atoms with Crippen molar-refractivity contribution in [3.05, 3.63) is 77.2 Å². The van der Waals surface area contributed by atoms with Crippen molar-refractivity contribution in [3.8, 4) is 11.3 Å². The first-order valence-electron chi connectivity index (χ1n) is 9.02. The molecule has 3 nitrogen and oxygen atoms in total. The lowest BCUT2D eigenvalue weighted by Gasteiger charge is -1.96. The van der Waals surface area contributed by atoms with Crippen LogP contribution in [0.3, 0.4) is 0 Å². The van der Waals surface area contributed by atoms with Crippen LogP contribution in [0, 0.1) is 13.8 Å². The van der Waals surface area contributed by atoms with E-state index in [1.54, 1.807) is 36.5 Å². The van der Waals surface area contributed by atoms with Crippen LogP contribution >= 0.6 is 11.3 Å². The molecular formula is C23H33NO2S. The number of carbonyl (C=O) groups is 1. The van der Waals surface area contributed by atoms with Crippen molar-refractivity contribution in [2.24, 2.45) is 0 Å². The van der Waals surface area contributed by atoms with Crippen LogP contribution in [0.1, 0.15) is 44.0 Å². The van der Waals surface area contributed by atoms with Crippen LogP contribution in [-0.2, 0) is 4.79 Å². The molecule has 148 valence electrons. The number of allylic oxidation sites excluding steroid dienone is 4. The monoisotopic (exact) mass is 387 g/mol. The largest absolute Gasteiger partial charge is 0.481 e. The van der Waals surface area contributed by atoms with Crippen LogP contribution in [0.4, 0.5) is 0 Å². The third-order valence-corrected chi connectivity index (χ3v) is 3.69. The molecule has 1 heterocycles. The van der Waals surface area contributed by atoms with Crippen LogP contribution in [0.5, 0.6) is 0 Å². The van der Waals surface area contributed by atoms with Crippen LogP contribution in [0.15, 0.2) is 67.3 Å². The molecule has 0 spiro atoms. The molecule has 0 unspecified atom stereocenters. The Hall–Kier alpha value is -2.46. The molecule has 27 heavy (non-hydrogen) atoms. The van der Waals surface area contributed by atoms with E-state index in [9.17, 15) is 4.79 Å². The lowest BCUT2D eigenvalue weighted by atomic mass is 10.1. The highest BCUT2D eigenvalue weighted by molar-refractivity contribution is 7.11. The Labute approximate surface area is 168 Å². The standard InChI is InChI=1S/C11H11NS.C5H8O2.C5H8.C2H6/c1-8-11(12-9(2)13-8)10-6-4-3-5-7-10;1-2-3-4-5(6)7;1-3-5-4-2;1-2/h3-7H,1-2H3;2-3H,4H2,1H3,(H,6,7);3-5H,1H2,2H3;1-2H3/b;3-2-;5-4+;. The molecule has 0 radical (unpaired) electrons. The molecule has 0 aliphatic heterocycles. The van der Waals surface area contributed by atoms with Gasteiger partial charge in [-0.25, -0.2) is 4.98 Å². The molecule has 2 aromatic rings. The molecule has 0 bridgehead atoms. The van der Waals surface area contributed by atoms with E-state index in [2.05, 4.69) is 30.6 Å². The van der Waals surface area contributed by atoms with Gasteiger partial charge in [0.15, 0.2) is 0 Å². The van der Waals surface area contributed by atoms with Crippen molar-refractivity contribution in [1.29, 1.82) is 0 Å². The average molecular weight is 388 g/mol. The average Bonchev–Trinajstić information content (AvgIpc) is 3.02. The van der Waals surface area contributed by atoms with Crippen LogP contribution in [-0.4, -0.2) is 16.1 Å². The van der Waals surface area contributed by atoms with Crippen LogP contribution < -0.4 is 0 Å². The number of carboxylic acid groups (broad SMARTS) is 1. The third-order valence-electron chi connectivity index (χ3n) is 2.81. The summed E-state index contributed by atoms with van der Waals surface area (Å²) in [6, 6.07) is 10.3. The van der Waals surface area contributed by atoms with Gasteiger partial charge in [-0.15, -0.1) is 11.3 Å². The predicted molar refractivity (Wildman–Crippen MR) is 120 cm³/mol. The van der Waals surface area contributed by atoms with Crippen molar-refractivity contribution in [2.75, 3.05) is 0 Å². The molecule has 0 fully saturated rings. The number of thiazole rings is 1. The van der Waals surface area contributed by atoms with Crippen LogP contribution in [0.2, 0.25) is 0 Å². The third kappa shape index (κ3) is 14.4. The number of aromatic nitrogens is 1. The van der Waals surface area contributed by atoms with Crippen molar-refractivity contribution in [3.63, 3.8) is 0 Å². The normalized spacial score (nSPS) is 9.41. The second-order valence-electron chi connectivity index (χ2n) is 4.93. The number of hydrogen-bond acceptors (Lipinski definition) is 3. The van der Waals surface area contributed by atoms with Gasteiger partial charge in [0.2, 0.25) is 0 Å². The highest BCUT2D eigenvalue weighted by Crippen LogP contribution is 2.26. The van der Waals surface area contributed by atoms with Gasteiger partial charge in [-0.3, -0.25) is 4.79 Å². The van der Waals surface area contributed by atoms with Gasteiger partial charge in [0.25, 0.3) is 0 Å². The molecule has 4 heteroatoms. The van der Waals surface area contributed by atoms with Gasteiger partial charge in [0.1, 0.15) is 0 Å². The Balaban J connectivity index is 0. The van der Waals surface area contributed by atoms with E-state index < -0.39 is 5.97 Å². The minimum atomic E-state index is -0.780. The first-order chi connectivity index (χ1) is 13.0. The molecule has 0 saturated carbocycles. The van der Waals surface area contributed by atoms with E-state index in [4.69, 9.17) is 5.11 Å². The van der Waals surface area contributed by atoms with Gasteiger partial charge in [-0.2, -0.15) is 0 Å². The van der Waals surface area contributed by atoms with Gasteiger partial charge in [-0.05, 0) is 27.7 Å². The lowest BCUT2D eigenvalue weighted by Crippen LogP contribution is -1.88. The van der Waals surface area contributed by atoms with E-state index in [1.165, 1.54) is 10.4 Å². The summed E-state index contributed by atoms with van der Waals surface area (Å²) < 4.78 is 0. The summed E-state index contributed by atoms with van der Waals surface area (Å²) in [5.74, 6) is -0.780. The Morgan fingerprint density at radius 3 is 2.04 bits per heavy atom. The maximum absolute atomic E-state index is 9.71. The van der Waals surface area contributed by atoms with Crippen molar-refractivity contribution in [1.82, 2.24) is 4.98 Å². The Kier molecular flexibility index (Phi) is 18.2. The number of nitrogens with zero attached hydrogens (tertiary/aromatic N) is 1. The molecule has 0 saturated heterocycles. The summed E-state index contributed by atoms with van der Waals surface area (Å²) >= 11 is 1.75. The molecule has 0 amide bonds. The Bertz CT molecular complexity index is 686. The van der Waals surface area contributed by atoms with E-state index >= 15 is 0 Å². The van der Waals surface area contributed by atoms with Crippen molar-refractivity contribution in [2.45, 2.75) is 48.0 Å². The fraction of sp³-hybridized carbons (Fsp3) is 0.304. The van der Waals surface area contributed by atoms with Crippen molar-refractivity contribution >= 4 is 17.3 Å². The number of carboxylic acids is 1. The maximum Gasteiger partial charge on any atom is 0.307 e. The van der Waals surface area contributed by atoms with Gasteiger partial charge >= 0.3 is 5.97 Å². The van der Waals surface area contributed by atoms with E-state index in [1.807, 2.05) is 58.0 Å². The smallest absolute Gasteiger partial charge is 0.307 e. The number of aliphatic carboxylic acids is 1. The summed E-state index contributed by atoms with van der Waals surface area (Å²) in [6.45, 7) is 15.4. The summed E-state index contributed by atoms with van der Waals surface area (Å²) in [6.07, 6.45) is 9.03. The fourth-order valence-electron chi connectivity index (χ4n) is 1.75. The number of hydrogen-bond donors (Lipinski definition) is 1. The zero-order chi connectivity index (χ0) is 21.1. The Morgan fingerprint density at radius 2 is 1.74 bits per heavy atom. The summed E-state index contributed by atoms with van der Waals surface area (Å²) in [5.41, 5.74) is 2.34. The number of aryl methyl sites for hydroxylation is 2. The second kappa shape index (κ2) is 18.3. The minimum Gasteiger partial charge on any atom is -0.481 e. The molecule has 2 rings (SSSR count). The first kappa shape index (κ1) is 26.8. The summed E-state index contributed by atoms with van der Waals surface area (Å²) in [5, 5.41) is 9.13. The maximum atomic E-state index is 9.71. The molecule has 0 atom stereocenters. The van der Waals surface area contributed by atoms with Crippen LogP contribution in [0.25, 0.3) is 11.3 Å². The highest BCUT2D eigenvalue weighted by Gasteiger charge is 2.05. The molecular weight excluding hydrogens is 354 g/mol. The number of benzene rings is 1. The summed E-state index contributed by atoms with van der Waals surface area (Å²) in [4.78, 5) is 15.5. The number of rotatable bonds is 4. The first-order valence-corrected chi connectivity index (χ1v) is 9.84. The quantitative estimate of drug-likeness (QED) is 0.444. The fourth-order valence-corrected chi connectivity index (χ4v) is 2.59. The van der Waals surface area contributed by atoms with Gasteiger partial charge in [0.05, 0.1) is 17.1 Å². The van der Waals surface area contributed by atoms with Crippen molar-refractivity contribution < 1.29 is 9.90 Å². The van der Waals surface area contributed by atoms with E-state index in [0.29, 0.717) is 0 Å². The SMILES string of the molecule is C/C=C\CC(=O)O.C=C/C=C/C.CC.Cc1nc(-c2ccccc2)c(C)s1. The lowest BCUT2D eigenvalue weighted by molar-refractivity contribution is -0.136. The molecule has 1 aromatic heterocycles. The Morgan fingerprint density at radius 1 is 1.15 bits per heavy atom. The second-order valence-corrected chi connectivity index (χ2v) is 6.34. The summed E-state index contributed by atoms with van der Waals surface area (Å²) in [7, 11) is 0. The van der Waals surface area contributed by atoms with Gasteiger partial charge in [0, 0.05) is 10.4 Å². The zero-order valence-corrected chi connectivity index (χ0v) is 18.2. The van der Waals surface area contributed by atoms with E-state index in [-0.39, 0.29) is 6.42 Å². The van der Waals surface area contributed by atoms with Gasteiger partial charge < -0.3 is 5.11 Å². The zero-order valence-electron chi connectivity index (χ0n) is 17.4.